The van der Waals surface area contributed by atoms with E-state index < -0.39 is 5.97 Å². The molecular formula is C17H18O2. The van der Waals surface area contributed by atoms with Gasteiger partial charge in [-0.3, -0.25) is 0 Å². The molecule has 0 heterocycles. The van der Waals surface area contributed by atoms with Gasteiger partial charge in [0, 0.05) is 0 Å². The highest BCUT2D eigenvalue weighted by molar-refractivity contribution is 5.89. The molecule has 0 spiro atoms. The van der Waals surface area contributed by atoms with E-state index in [1.54, 1.807) is 18.2 Å². The molecule has 2 heteroatoms. The molecular weight excluding hydrogens is 236 g/mol. The van der Waals surface area contributed by atoms with Crippen LogP contribution in [0.3, 0.4) is 0 Å². The molecule has 0 amide bonds. The van der Waals surface area contributed by atoms with Crippen molar-refractivity contribution >= 4 is 5.97 Å². The summed E-state index contributed by atoms with van der Waals surface area (Å²) in [6.45, 7) is 6.52. The summed E-state index contributed by atoms with van der Waals surface area (Å²) in [4.78, 5) is 11.0. The Bertz CT molecular complexity index is 589. The Balaban J connectivity index is 2.37. The standard InChI is InChI=1S/C17H18O2/c1-17(2,3)15-9-7-12(8-10-15)13-5-4-6-14(11-13)16(18)19/h4-11H,1-3H3,(H,18,19). The van der Waals surface area contributed by atoms with Gasteiger partial charge in [-0.2, -0.15) is 0 Å². The van der Waals surface area contributed by atoms with Gasteiger partial charge in [0.2, 0.25) is 0 Å². The van der Waals surface area contributed by atoms with Crippen LogP contribution in [0.15, 0.2) is 48.5 Å². The summed E-state index contributed by atoms with van der Waals surface area (Å²) in [5.74, 6) is -0.895. The predicted molar refractivity (Wildman–Crippen MR) is 77.5 cm³/mol. The molecule has 2 aromatic rings. The largest absolute Gasteiger partial charge is 0.478 e. The molecule has 0 aliphatic heterocycles. The molecule has 0 atom stereocenters. The topological polar surface area (TPSA) is 37.3 Å². The van der Waals surface area contributed by atoms with E-state index in [0.717, 1.165) is 11.1 Å². The number of hydrogen-bond acceptors (Lipinski definition) is 1. The summed E-state index contributed by atoms with van der Waals surface area (Å²) in [7, 11) is 0. The molecule has 2 nitrogen and oxygen atoms in total. The third-order valence-electron chi connectivity index (χ3n) is 3.19. The van der Waals surface area contributed by atoms with Gasteiger partial charge in [0.15, 0.2) is 0 Å². The summed E-state index contributed by atoms with van der Waals surface area (Å²) >= 11 is 0. The molecule has 0 radical (unpaired) electrons. The Kier molecular flexibility index (Phi) is 3.43. The lowest BCUT2D eigenvalue weighted by Gasteiger charge is -2.19. The van der Waals surface area contributed by atoms with Crippen LogP contribution in [0.2, 0.25) is 0 Å². The second-order valence-electron chi connectivity index (χ2n) is 5.71. The van der Waals surface area contributed by atoms with Crippen LogP contribution in [0.1, 0.15) is 36.7 Å². The number of hydrogen-bond donors (Lipinski definition) is 1. The number of aromatic carboxylic acids is 1. The molecule has 2 aromatic carbocycles. The SMILES string of the molecule is CC(C)(C)c1ccc(-c2cccc(C(=O)O)c2)cc1. The molecule has 0 saturated carbocycles. The van der Waals surface area contributed by atoms with E-state index >= 15 is 0 Å². The highest BCUT2D eigenvalue weighted by Gasteiger charge is 2.13. The van der Waals surface area contributed by atoms with Crippen LogP contribution in [0.4, 0.5) is 0 Å². The monoisotopic (exact) mass is 254 g/mol. The van der Waals surface area contributed by atoms with Crippen molar-refractivity contribution in [3.63, 3.8) is 0 Å². The zero-order chi connectivity index (χ0) is 14.0. The summed E-state index contributed by atoms with van der Waals surface area (Å²) in [5.41, 5.74) is 3.68. The summed E-state index contributed by atoms with van der Waals surface area (Å²) in [5, 5.41) is 9.01. The molecule has 0 aliphatic rings. The Morgan fingerprint density at radius 2 is 1.58 bits per heavy atom. The Morgan fingerprint density at radius 1 is 0.947 bits per heavy atom. The highest BCUT2D eigenvalue weighted by atomic mass is 16.4. The number of carboxylic acids is 1. The normalized spacial score (nSPS) is 11.3. The van der Waals surface area contributed by atoms with Crippen LogP contribution in [0, 0.1) is 0 Å². The minimum Gasteiger partial charge on any atom is -0.478 e. The van der Waals surface area contributed by atoms with Crippen molar-refractivity contribution in [1.82, 2.24) is 0 Å². The van der Waals surface area contributed by atoms with Crippen molar-refractivity contribution in [2.24, 2.45) is 0 Å². The lowest BCUT2D eigenvalue weighted by Crippen LogP contribution is -2.10. The Labute approximate surface area is 113 Å². The van der Waals surface area contributed by atoms with E-state index in [1.807, 2.05) is 18.2 Å². The molecule has 2 rings (SSSR count). The highest BCUT2D eigenvalue weighted by Crippen LogP contribution is 2.26. The number of carboxylic acid groups (broad SMARTS) is 1. The molecule has 19 heavy (non-hydrogen) atoms. The smallest absolute Gasteiger partial charge is 0.335 e. The van der Waals surface area contributed by atoms with Crippen LogP contribution in [0.5, 0.6) is 0 Å². The van der Waals surface area contributed by atoms with E-state index in [1.165, 1.54) is 5.56 Å². The third kappa shape index (κ3) is 3.02. The van der Waals surface area contributed by atoms with Crippen molar-refractivity contribution in [3.8, 4) is 11.1 Å². The van der Waals surface area contributed by atoms with Gasteiger partial charge in [0.25, 0.3) is 0 Å². The molecule has 0 aromatic heterocycles. The van der Waals surface area contributed by atoms with Crippen LogP contribution < -0.4 is 0 Å². The maximum atomic E-state index is 11.0. The molecule has 98 valence electrons. The maximum absolute atomic E-state index is 11.0. The second-order valence-corrected chi connectivity index (χ2v) is 5.71. The minimum absolute atomic E-state index is 0.126. The van der Waals surface area contributed by atoms with E-state index in [9.17, 15) is 4.79 Å². The lowest BCUT2D eigenvalue weighted by molar-refractivity contribution is 0.0697. The first-order valence-corrected chi connectivity index (χ1v) is 6.32. The van der Waals surface area contributed by atoms with Gasteiger partial charge < -0.3 is 5.11 Å². The first kappa shape index (κ1) is 13.3. The fourth-order valence-corrected chi connectivity index (χ4v) is 1.99. The van der Waals surface area contributed by atoms with E-state index in [0.29, 0.717) is 5.56 Å². The average molecular weight is 254 g/mol. The Hall–Kier alpha value is -2.09. The predicted octanol–water partition coefficient (Wildman–Crippen LogP) is 4.35. The van der Waals surface area contributed by atoms with Gasteiger partial charge in [-0.1, -0.05) is 57.2 Å². The maximum Gasteiger partial charge on any atom is 0.335 e. The van der Waals surface area contributed by atoms with E-state index in [2.05, 4.69) is 32.9 Å². The fourth-order valence-electron chi connectivity index (χ4n) is 1.99. The summed E-state index contributed by atoms with van der Waals surface area (Å²) < 4.78 is 0. The van der Waals surface area contributed by atoms with Crippen molar-refractivity contribution in [1.29, 1.82) is 0 Å². The number of carbonyl (C=O) groups is 1. The fraction of sp³-hybridized carbons (Fsp3) is 0.235. The van der Waals surface area contributed by atoms with Gasteiger partial charge in [-0.25, -0.2) is 4.79 Å². The molecule has 1 N–H and O–H groups in total. The first-order chi connectivity index (χ1) is 8.88. The van der Waals surface area contributed by atoms with Crippen LogP contribution >= 0.6 is 0 Å². The number of rotatable bonds is 2. The van der Waals surface area contributed by atoms with E-state index in [-0.39, 0.29) is 5.41 Å². The molecule has 0 saturated heterocycles. The van der Waals surface area contributed by atoms with Gasteiger partial charge >= 0.3 is 5.97 Å². The van der Waals surface area contributed by atoms with Crippen LogP contribution in [-0.4, -0.2) is 11.1 Å². The zero-order valence-electron chi connectivity index (χ0n) is 11.5. The average Bonchev–Trinajstić information content (AvgIpc) is 2.38. The van der Waals surface area contributed by atoms with Crippen molar-refractivity contribution in [3.05, 3.63) is 59.7 Å². The first-order valence-electron chi connectivity index (χ1n) is 6.32. The number of benzene rings is 2. The van der Waals surface area contributed by atoms with Gasteiger partial charge in [0.1, 0.15) is 0 Å². The van der Waals surface area contributed by atoms with Gasteiger partial charge in [-0.15, -0.1) is 0 Å². The van der Waals surface area contributed by atoms with E-state index in [4.69, 9.17) is 5.11 Å². The Morgan fingerprint density at radius 3 is 2.11 bits per heavy atom. The summed E-state index contributed by atoms with van der Waals surface area (Å²) in [6.07, 6.45) is 0. The molecule has 0 fully saturated rings. The third-order valence-corrected chi connectivity index (χ3v) is 3.19. The lowest BCUT2D eigenvalue weighted by atomic mass is 9.86. The van der Waals surface area contributed by atoms with Crippen molar-refractivity contribution in [2.45, 2.75) is 26.2 Å². The van der Waals surface area contributed by atoms with Crippen molar-refractivity contribution < 1.29 is 9.90 Å². The second kappa shape index (κ2) is 4.88. The van der Waals surface area contributed by atoms with Gasteiger partial charge in [-0.05, 0) is 34.2 Å². The molecule has 0 unspecified atom stereocenters. The summed E-state index contributed by atoms with van der Waals surface area (Å²) in [6, 6.07) is 15.3. The molecule has 0 aliphatic carbocycles. The minimum atomic E-state index is -0.895. The van der Waals surface area contributed by atoms with Crippen LogP contribution in [-0.2, 0) is 5.41 Å². The zero-order valence-corrected chi connectivity index (χ0v) is 11.5. The van der Waals surface area contributed by atoms with Gasteiger partial charge in [0.05, 0.1) is 5.56 Å². The van der Waals surface area contributed by atoms with Crippen LogP contribution in [0.25, 0.3) is 11.1 Å². The molecule has 0 bridgehead atoms. The quantitative estimate of drug-likeness (QED) is 0.865. The van der Waals surface area contributed by atoms with Crippen molar-refractivity contribution in [2.75, 3.05) is 0 Å².